The van der Waals surface area contributed by atoms with E-state index in [4.69, 9.17) is 5.73 Å². The van der Waals surface area contributed by atoms with Gasteiger partial charge in [-0.2, -0.15) is 0 Å². The highest BCUT2D eigenvalue weighted by Crippen LogP contribution is 2.34. The van der Waals surface area contributed by atoms with Crippen LogP contribution in [0.15, 0.2) is 24.3 Å². The molecule has 3 N–H and O–H groups in total. The van der Waals surface area contributed by atoms with Gasteiger partial charge in [-0.25, -0.2) is 0 Å². The van der Waals surface area contributed by atoms with Crippen molar-refractivity contribution in [1.29, 1.82) is 0 Å². The summed E-state index contributed by atoms with van der Waals surface area (Å²) in [5, 5.41) is 9.45. The minimum atomic E-state index is 0.337. The Morgan fingerprint density at radius 2 is 1.90 bits per heavy atom. The van der Waals surface area contributed by atoms with E-state index in [1.807, 2.05) is 12.1 Å². The third-order valence-corrected chi connectivity index (χ3v) is 4.85. The van der Waals surface area contributed by atoms with Crippen LogP contribution in [0.25, 0.3) is 0 Å². The first-order valence-corrected chi connectivity index (χ1v) is 7.88. The second-order valence-corrected chi connectivity index (χ2v) is 6.03. The smallest absolute Gasteiger partial charge is 0.115 e. The van der Waals surface area contributed by atoms with Gasteiger partial charge in [0, 0.05) is 12.1 Å². The maximum Gasteiger partial charge on any atom is 0.115 e. The highest BCUT2D eigenvalue weighted by atomic mass is 16.3. The molecule has 0 spiro atoms. The lowest BCUT2D eigenvalue weighted by atomic mass is 9.82. The van der Waals surface area contributed by atoms with Gasteiger partial charge in [0.25, 0.3) is 0 Å². The molecule has 0 amide bonds. The van der Waals surface area contributed by atoms with Gasteiger partial charge in [-0.05, 0) is 56.5 Å². The fourth-order valence-corrected chi connectivity index (χ4v) is 3.69. The van der Waals surface area contributed by atoms with Gasteiger partial charge >= 0.3 is 0 Å². The Labute approximate surface area is 122 Å². The van der Waals surface area contributed by atoms with Crippen LogP contribution in [-0.2, 0) is 0 Å². The first-order valence-electron chi connectivity index (χ1n) is 7.88. The Morgan fingerprint density at radius 1 is 1.25 bits per heavy atom. The third-order valence-electron chi connectivity index (χ3n) is 4.85. The Kier molecular flexibility index (Phi) is 5.44. The van der Waals surface area contributed by atoms with Crippen LogP contribution in [0.2, 0.25) is 0 Å². The van der Waals surface area contributed by atoms with Gasteiger partial charge in [-0.3, -0.25) is 4.90 Å². The zero-order valence-corrected chi connectivity index (χ0v) is 12.8. The number of phenolic OH excluding ortho intramolecular Hbond substituents is 1. The summed E-state index contributed by atoms with van der Waals surface area (Å²) >= 11 is 0. The molecule has 0 aromatic heterocycles. The zero-order chi connectivity index (χ0) is 14.5. The van der Waals surface area contributed by atoms with Crippen LogP contribution in [0.1, 0.15) is 50.6 Å². The Balaban J connectivity index is 2.15. The number of hydrogen-bond donors (Lipinski definition) is 2. The molecule has 112 valence electrons. The summed E-state index contributed by atoms with van der Waals surface area (Å²) in [5.41, 5.74) is 7.26. The van der Waals surface area contributed by atoms with Gasteiger partial charge in [0.2, 0.25) is 0 Å². The van der Waals surface area contributed by atoms with Crippen LogP contribution in [0.5, 0.6) is 5.75 Å². The normalized spacial score (nSPS) is 24.8. The molecule has 1 aromatic carbocycles. The number of nitrogens with zero attached hydrogens (tertiary/aromatic N) is 1. The summed E-state index contributed by atoms with van der Waals surface area (Å²) in [6.07, 6.45) is 6.24. The molecule has 3 unspecified atom stereocenters. The third kappa shape index (κ3) is 3.33. The number of rotatable bonds is 5. The van der Waals surface area contributed by atoms with Crippen molar-refractivity contribution in [3.63, 3.8) is 0 Å². The Bertz CT molecular complexity index is 404. The number of benzene rings is 1. The minimum Gasteiger partial charge on any atom is -0.508 e. The number of hydrogen-bond acceptors (Lipinski definition) is 3. The van der Waals surface area contributed by atoms with E-state index in [1.54, 1.807) is 12.1 Å². The minimum absolute atomic E-state index is 0.337. The van der Waals surface area contributed by atoms with Crippen LogP contribution in [-0.4, -0.2) is 29.6 Å². The summed E-state index contributed by atoms with van der Waals surface area (Å²) in [4.78, 5) is 2.52. The lowest BCUT2D eigenvalue weighted by Crippen LogP contribution is -2.44. The molecule has 2 rings (SSSR count). The van der Waals surface area contributed by atoms with Crippen LogP contribution in [0.3, 0.4) is 0 Å². The SMILES string of the molecule is CCC(c1ccc(O)cc1)N(C)C1CCCCC1CN. The zero-order valence-electron chi connectivity index (χ0n) is 12.8. The first-order chi connectivity index (χ1) is 9.67. The molecule has 1 saturated carbocycles. The van der Waals surface area contributed by atoms with E-state index in [0.29, 0.717) is 23.8 Å². The average molecular weight is 276 g/mol. The number of nitrogens with two attached hydrogens (primary N) is 1. The molecular weight excluding hydrogens is 248 g/mol. The van der Waals surface area contributed by atoms with Gasteiger partial charge in [0.15, 0.2) is 0 Å². The van der Waals surface area contributed by atoms with E-state index < -0.39 is 0 Å². The van der Waals surface area contributed by atoms with Gasteiger partial charge in [0.1, 0.15) is 5.75 Å². The molecule has 1 aromatic rings. The first kappa shape index (κ1) is 15.3. The Morgan fingerprint density at radius 3 is 2.50 bits per heavy atom. The molecule has 0 bridgehead atoms. The van der Waals surface area contributed by atoms with Crippen LogP contribution in [0, 0.1) is 5.92 Å². The van der Waals surface area contributed by atoms with Crippen LogP contribution < -0.4 is 5.73 Å². The van der Waals surface area contributed by atoms with Crippen molar-refractivity contribution >= 4 is 0 Å². The van der Waals surface area contributed by atoms with Crippen molar-refractivity contribution in [2.45, 2.75) is 51.1 Å². The lowest BCUT2D eigenvalue weighted by molar-refractivity contribution is 0.0895. The summed E-state index contributed by atoms with van der Waals surface area (Å²) in [6.45, 7) is 3.02. The van der Waals surface area contributed by atoms with Gasteiger partial charge in [0.05, 0.1) is 0 Å². The molecule has 0 saturated heterocycles. The average Bonchev–Trinajstić information content (AvgIpc) is 2.49. The molecule has 20 heavy (non-hydrogen) atoms. The maximum absolute atomic E-state index is 9.45. The molecule has 1 fully saturated rings. The fourth-order valence-electron chi connectivity index (χ4n) is 3.69. The molecule has 1 aliphatic carbocycles. The van der Waals surface area contributed by atoms with Gasteiger partial charge in [-0.15, -0.1) is 0 Å². The predicted octanol–water partition coefficient (Wildman–Crippen LogP) is 3.29. The largest absolute Gasteiger partial charge is 0.508 e. The van der Waals surface area contributed by atoms with E-state index in [2.05, 4.69) is 18.9 Å². The maximum atomic E-state index is 9.45. The van der Waals surface area contributed by atoms with E-state index in [0.717, 1.165) is 13.0 Å². The predicted molar refractivity (Wildman–Crippen MR) is 83.7 cm³/mol. The number of aromatic hydroxyl groups is 1. The topological polar surface area (TPSA) is 49.5 Å². The van der Waals surface area contributed by atoms with E-state index in [1.165, 1.54) is 31.2 Å². The van der Waals surface area contributed by atoms with Gasteiger partial charge in [-0.1, -0.05) is 31.9 Å². The standard InChI is InChI=1S/C17H28N2O/c1-3-16(13-8-10-15(20)11-9-13)19(2)17-7-5-4-6-14(17)12-18/h8-11,14,16-17,20H,3-7,12,18H2,1-2H3. The molecule has 0 radical (unpaired) electrons. The second-order valence-electron chi connectivity index (χ2n) is 6.03. The van der Waals surface area contributed by atoms with Crippen LogP contribution in [0.4, 0.5) is 0 Å². The molecule has 3 nitrogen and oxygen atoms in total. The summed E-state index contributed by atoms with van der Waals surface area (Å²) < 4.78 is 0. The summed E-state index contributed by atoms with van der Waals surface area (Å²) in [6, 6.07) is 8.65. The Hall–Kier alpha value is -1.06. The molecule has 0 heterocycles. The van der Waals surface area contributed by atoms with E-state index in [9.17, 15) is 5.11 Å². The highest BCUT2D eigenvalue weighted by Gasteiger charge is 2.30. The van der Waals surface area contributed by atoms with E-state index >= 15 is 0 Å². The lowest BCUT2D eigenvalue weighted by Gasteiger charge is -2.41. The molecule has 3 atom stereocenters. The van der Waals surface area contributed by atoms with Crippen molar-refractivity contribution in [3.05, 3.63) is 29.8 Å². The molecule has 0 aliphatic heterocycles. The summed E-state index contributed by atoms with van der Waals surface area (Å²) in [7, 11) is 2.24. The molecule has 1 aliphatic rings. The number of phenols is 1. The van der Waals surface area contributed by atoms with Crippen molar-refractivity contribution in [3.8, 4) is 5.75 Å². The fraction of sp³-hybridized carbons (Fsp3) is 0.647. The van der Waals surface area contributed by atoms with Crippen molar-refractivity contribution in [2.75, 3.05) is 13.6 Å². The monoisotopic (exact) mass is 276 g/mol. The van der Waals surface area contributed by atoms with Crippen molar-refractivity contribution in [1.82, 2.24) is 4.90 Å². The molecule has 3 heteroatoms. The highest BCUT2D eigenvalue weighted by molar-refractivity contribution is 5.28. The van der Waals surface area contributed by atoms with Crippen LogP contribution >= 0.6 is 0 Å². The van der Waals surface area contributed by atoms with Gasteiger partial charge < -0.3 is 10.8 Å². The van der Waals surface area contributed by atoms with E-state index in [-0.39, 0.29) is 0 Å². The second kappa shape index (κ2) is 7.09. The molecular formula is C17H28N2O. The van der Waals surface area contributed by atoms with Crippen molar-refractivity contribution < 1.29 is 5.11 Å². The summed E-state index contributed by atoms with van der Waals surface area (Å²) in [5.74, 6) is 0.962. The quantitative estimate of drug-likeness (QED) is 0.867. The van der Waals surface area contributed by atoms with Crippen molar-refractivity contribution in [2.24, 2.45) is 11.7 Å².